The van der Waals surface area contributed by atoms with E-state index in [2.05, 4.69) is 31.9 Å². The van der Waals surface area contributed by atoms with Crippen molar-refractivity contribution in [1.29, 1.82) is 0 Å². The van der Waals surface area contributed by atoms with Gasteiger partial charge in [-0.3, -0.25) is 4.79 Å². The summed E-state index contributed by atoms with van der Waals surface area (Å²) >= 11 is 6.68. The molecule has 18 heavy (non-hydrogen) atoms. The highest BCUT2D eigenvalue weighted by Crippen LogP contribution is 2.22. The third-order valence-electron chi connectivity index (χ3n) is 2.54. The van der Waals surface area contributed by atoms with Gasteiger partial charge in [-0.25, -0.2) is 4.39 Å². The molecule has 2 aromatic carbocycles. The van der Waals surface area contributed by atoms with Gasteiger partial charge in [-0.2, -0.15) is 0 Å². The summed E-state index contributed by atoms with van der Waals surface area (Å²) in [5.41, 5.74) is 1.51. The molecule has 4 heteroatoms. The average molecular weight is 372 g/mol. The maximum Gasteiger partial charge on any atom is 0.193 e. The molecule has 0 spiro atoms. The van der Waals surface area contributed by atoms with Crippen molar-refractivity contribution < 1.29 is 9.18 Å². The van der Waals surface area contributed by atoms with Crippen molar-refractivity contribution in [2.24, 2.45) is 0 Å². The predicted molar refractivity (Wildman–Crippen MR) is 76.4 cm³/mol. The Morgan fingerprint density at radius 2 is 1.61 bits per heavy atom. The highest BCUT2D eigenvalue weighted by Gasteiger charge is 2.11. The van der Waals surface area contributed by atoms with Gasteiger partial charge >= 0.3 is 0 Å². The first-order valence-electron chi connectivity index (χ1n) is 5.24. The number of rotatable bonds is 2. The Balaban J connectivity index is 2.44. The fraction of sp³-hybridized carbons (Fsp3) is 0.0714. The summed E-state index contributed by atoms with van der Waals surface area (Å²) in [4.78, 5) is 12.3. The summed E-state index contributed by atoms with van der Waals surface area (Å²) < 4.78 is 14.8. The Morgan fingerprint density at radius 1 is 1.00 bits per heavy atom. The van der Waals surface area contributed by atoms with Gasteiger partial charge < -0.3 is 0 Å². The lowest BCUT2D eigenvalue weighted by Crippen LogP contribution is -2.02. The summed E-state index contributed by atoms with van der Waals surface area (Å²) in [6.45, 7) is 1.64. The predicted octanol–water partition coefficient (Wildman–Crippen LogP) is 4.89. The Bertz CT molecular complexity index is 603. The minimum atomic E-state index is -0.304. The summed E-state index contributed by atoms with van der Waals surface area (Å²) in [7, 11) is 0. The van der Waals surface area contributed by atoms with Crippen LogP contribution in [0, 0.1) is 12.7 Å². The van der Waals surface area contributed by atoms with Crippen LogP contribution in [0.3, 0.4) is 0 Å². The van der Waals surface area contributed by atoms with Crippen LogP contribution in [0.5, 0.6) is 0 Å². The first-order chi connectivity index (χ1) is 8.47. The van der Waals surface area contributed by atoms with Crippen LogP contribution in [-0.2, 0) is 0 Å². The summed E-state index contributed by atoms with van der Waals surface area (Å²) in [6.07, 6.45) is 0. The van der Waals surface area contributed by atoms with Crippen molar-refractivity contribution in [2.45, 2.75) is 6.92 Å². The lowest BCUT2D eigenvalue weighted by atomic mass is 10.0. The second-order valence-corrected chi connectivity index (χ2v) is 5.78. The molecule has 0 fully saturated rings. The Hall–Kier alpha value is -1.00. The van der Waals surface area contributed by atoms with Crippen molar-refractivity contribution in [3.05, 3.63) is 67.9 Å². The molecule has 0 aliphatic carbocycles. The van der Waals surface area contributed by atoms with Gasteiger partial charge in [-0.15, -0.1) is 0 Å². The highest BCUT2D eigenvalue weighted by molar-refractivity contribution is 9.11. The number of hydrogen-bond acceptors (Lipinski definition) is 1. The molecule has 0 radical (unpaired) electrons. The molecular formula is C14H9Br2FO. The van der Waals surface area contributed by atoms with Gasteiger partial charge in [0, 0.05) is 20.1 Å². The Morgan fingerprint density at radius 3 is 2.17 bits per heavy atom. The van der Waals surface area contributed by atoms with Crippen LogP contribution in [0.2, 0.25) is 0 Å². The minimum absolute atomic E-state index is 0.125. The summed E-state index contributed by atoms with van der Waals surface area (Å²) in [5.74, 6) is -0.429. The van der Waals surface area contributed by atoms with E-state index in [1.165, 1.54) is 12.1 Å². The second-order valence-electron chi connectivity index (χ2n) is 3.95. The van der Waals surface area contributed by atoms with E-state index in [0.29, 0.717) is 16.7 Å². The molecule has 1 nitrogen and oxygen atoms in total. The first kappa shape index (κ1) is 13.4. The third-order valence-corrected chi connectivity index (χ3v) is 3.46. The van der Waals surface area contributed by atoms with Gasteiger partial charge in [-0.05, 0) is 48.9 Å². The fourth-order valence-electron chi connectivity index (χ4n) is 1.64. The van der Waals surface area contributed by atoms with Gasteiger partial charge in [0.2, 0.25) is 0 Å². The maximum atomic E-state index is 13.2. The molecule has 0 heterocycles. The highest BCUT2D eigenvalue weighted by atomic mass is 79.9. The smallest absolute Gasteiger partial charge is 0.193 e. The zero-order chi connectivity index (χ0) is 13.3. The van der Waals surface area contributed by atoms with Gasteiger partial charge in [0.15, 0.2) is 5.78 Å². The molecule has 0 aliphatic rings. The molecule has 2 aromatic rings. The molecule has 0 bridgehead atoms. The SMILES string of the molecule is Cc1cc(C(=O)c2cc(Br)cc(Br)c2)ccc1F. The van der Waals surface area contributed by atoms with Crippen molar-refractivity contribution in [2.75, 3.05) is 0 Å². The molecule has 92 valence electrons. The van der Waals surface area contributed by atoms with Crippen LogP contribution in [0.4, 0.5) is 4.39 Å². The number of ketones is 1. The maximum absolute atomic E-state index is 13.2. The average Bonchev–Trinajstić information content (AvgIpc) is 2.30. The van der Waals surface area contributed by atoms with Gasteiger partial charge in [0.1, 0.15) is 5.82 Å². The Labute approximate surface area is 121 Å². The molecule has 0 amide bonds. The summed E-state index contributed by atoms with van der Waals surface area (Å²) in [6, 6.07) is 9.71. The lowest BCUT2D eigenvalue weighted by Gasteiger charge is -2.05. The zero-order valence-electron chi connectivity index (χ0n) is 9.51. The van der Waals surface area contributed by atoms with Crippen molar-refractivity contribution in [3.63, 3.8) is 0 Å². The normalized spacial score (nSPS) is 10.4. The Kier molecular flexibility index (Phi) is 3.97. The number of halogens is 3. The van der Waals surface area contributed by atoms with Crippen LogP contribution in [-0.4, -0.2) is 5.78 Å². The topological polar surface area (TPSA) is 17.1 Å². The number of aryl methyl sites for hydroxylation is 1. The van der Waals surface area contributed by atoms with Crippen LogP contribution in [0.15, 0.2) is 45.3 Å². The standard InChI is InChI=1S/C14H9Br2FO/c1-8-4-9(2-3-13(8)17)14(18)10-5-11(15)7-12(16)6-10/h2-7H,1H3. The molecule has 0 N–H and O–H groups in total. The first-order valence-corrected chi connectivity index (χ1v) is 6.83. The molecule has 0 aromatic heterocycles. The van der Waals surface area contributed by atoms with Crippen LogP contribution in [0.25, 0.3) is 0 Å². The molecule has 0 saturated heterocycles. The lowest BCUT2D eigenvalue weighted by molar-refractivity contribution is 0.103. The van der Waals surface area contributed by atoms with Crippen LogP contribution < -0.4 is 0 Å². The minimum Gasteiger partial charge on any atom is -0.289 e. The van der Waals surface area contributed by atoms with E-state index in [0.717, 1.165) is 8.95 Å². The third kappa shape index (κ3) is 2.87. The van der Waals surface area contributed by atoms with E-state index < -0.39 is 0 Å². The van der Waals surface area contributed by atoms with Crippen molar-refractivity contribution in [1.82, 2.24) is 0 Å². The molecule has 0 unspecified atom stereocenters. The molecular weight excluding hydrogens is 363 g/mol. The van der Waals surface area contributed by atoms with E-state index in [4.69, 9.17) is 0 Å². The zero-order valence-corrected chi connectivity index (χ0v) is 12.7. The van der Waals surface area contributed by atoms with Gasteiger partial charge in [0.25, 0.3) is 0 Å². The van der Waals surface area contributed by atoms with Crippen LogP contribution in [0.1, 0.15) is 21.5 Å². The van der Waals surface area contributed by atoms with Crippen molar-refractivity contribution in [3.8, 4) is 0 Å². The summed E-state index contributed by atoms with van der Waals surface area (Å²) in [5, 5.41) is 0. The largest absolute Gasteiger partial charge is 0.289 e. The number of hydrogen-bond donors (Lipinski definition) is 0. The van der Waals surface area contributed by atoms with E-state index >= 15 is 0 Å². The quantitative estimate of drug-likeness (QED) is 0.687. The van der Waals surface area contributed by atoms with Gasteiger partial charge in [-0.1, -0.05) is 31.9 Å². The van der Waals surface area contributed by atoms with Crippen molar-refractivity contribution >= 4 is 37.6 Å². The molecule has 0 atom stereocenters. The van der Waals surface area contributed by atoms with E-state index in [9.17, 15) is 9.18 Å². The van der Waals surface area contributed by atoms with E-state index in [1.807, 2.05) is 6.07 Å². The number of carbonyl (C=O) groups excluding carboxylic acids is 1. The molecule has 0 saturated carbocycles. The number of carbonyl (C=O) groups is 1. The van der Waals surface area contributed by atoms with E-state index in [-0.39, 0.29) is 11.6 Å². The monoisotopic (exact) mass is 370 g/mol. The van der Waals surface area contributed by atoms with Gasteiger partial charge in [0.05, 0.1) is 0 Å². The molecule has 2 rings (SSSR count). The van der Waals surface area contributed by atoms with E-state index in [1.54, 1.807) is 25.1 Å². The second kappa shape index (κ2) is 5.33. The van der Waals surface area contributed by atoms with Crippen LogP contribution >= 0.6 is 31.9 Å². The fourth-order valence-corrected chi connectivity index (χ4v) is 2.93. The molecule has 0 aliphatic heterocycles. The number of benzene rings is 2.